The summed E-state index contributed by atoms with van der Waals surface area (Å²) < 4.78 is 16.8. The van der Waals surface area contributed by atoms with Crippen LogP contribution in [0.25, 0.3) is 0 Å². The van der Waals surface area contributed by atoms with E-state index < -0.39 is 6.10 Å². The third-order valence-electron chi connectivity index (χ3n) is 12.3. The van der Waals surface area contributed by atoms with Gasteiger partial charge in [-0.3, -0.25) is 14.4 Å². The number of rotatable bonds is 51. The highest BCUT2D eigenvalue weighted by atomic mass is 16.6. The van der Waals surface area contributed by atoms with Crippen molar-refractivity contribution in [1.29, 1.82) is 0 Å². The van der Waals surface area contributed by atoms with Gasteiger partial charge in [0, 0.05) is 19.3 Å². The third-order valence-corrected chi connectivity index (χ3v) is 12.3. The lowest BCUT2D eigenvalue weighted by atomic mass is 10.1. The Morgan fingerprint density at radius 3 is 0.954 bits per heavy atom. The number of unbranched alkanes of at least 4 members (excludes halogenated alkanes) is 32. The molecule has 6 nitrogen and oxygen atoms in total. The molecular weight excluding hydrogens is 805 g/mol. The average molecular weight is 911 g/mol. The Bertz CT molecular complexity index is 1140. The fraction of sp³-hybridized carbons (Fsp3) is 0.814. The lowest BCUT2D eigenvalue weighted by Gasteiger charge is -2.18. The van der Waals surface area contributed by atoms with E-state index in [0.29, 0.717) is 19.3 Å². The van der Waals surface area contributed by atoms with Crippen LogP contribution in [0.4, 0.5) is 0 Å². The van der Waals surface area contributed by atoms with Gasteiger partial charge in [0.1, 0.15) is 13.2 Å². The van der Waals surface area contributed by atoms with Crippen LogP contribution in [-0.4, -0.2) is 37.2 Å². The maximum absolute atomic E-state index is 12.8. The minimum Gasteiger partial charge on any atom is -0.462 e. The van der Waals surface area contributed by atoms with E-state index in [1.807, 2.05) is 0 Å². The van der Waals surface area contributed by atoms with Crippen molar-refractivity contribution in [3.63, 3.8) is 0 Å². The molecule has 0 aliphatic carbocycles. The molecule has 0 aromatic rings. The van der Waals surface area contributed by atoms with E-state index in [4.69, 9.17) is 14.2 Å². The van der Waals surface area contributed by atoms with Gasteiger partial charge in [0.05, 0.1) is 0 Å². The maximum Gasteiger partial charge on any atom is 0.306 e. The Hall–Kier alpha value is -2.63. The predicted molar refractivity (Wildman–Crippen MR) is 279 cm³/mol. The molecule has 0 saturated heterocycles. The monoisotopic (exact) mass is 911 g/mol. The van der Waals surface area contributed by atoms with E-state index in [1.54, 1.807) is 0 Å². The van der Waals surface area contributed by atoms with Crippen LogP contribution in [0, 0.1) is 0 Å². The zero-order valence-electron chi connectivity index (χ0n) is 43.3. The summed E-state index contributed by atoms with van der Waals surface area (Å²) in [5, 5.41) is 0. The highest BCUT2D eigenvalue weighted by Gasteiger charge is 2.19. The van der Waals surface area contributed by atoms with Gasteiger partial charge in [-0.1, -0.05) is 223 Å². The van der Waals surface area contributed by atoms with Crippen LogP contribution in [-0.2, 0) is 28.6 Å². The van der Waals surface area contributed by atoms with Gasteiger partial charge < -0.3 is 14.2 Å². The fourth-order valence-corrected chi connectivity index (χ4v) is 8.00. The van der Waals surface area contributed by atoms with E-state index in [9.17, 15) is 14.4 Å². The number of allylic oxidation sites excluding steroid dienone is 8. The molecule has 0 radical (unpaired) electrons. The van der Waals surface area contributed by atoms with Crippen molar-refractivity contribution < 1.29 is 28.6 Å². The van der Waals surface area contributed by atoms with Gasteiger partial charge in [-0.05, 0) is 96.3 Å². The molecule has 0 aromatic carbocycles. The smallest absolute Gasteiger partial charge is 0.306 e. The summed E-state index contributed by atoms with van der Waals surface area (Å²) in [4.78, 5) is 38.0. The maximum atomic E-state index is 12.8. The normalized spacial score (nSPS) is 12.4. The largest absolute Gasteiger partial charge is 0.462 e. The van der Waals surface area contributed by atoms with Crippen molar-refractivity contribution in [3.05, 3.63) is 48.6 Å². The van der Waals surface area contributed by atoms with Gasteiger partial charge in [0.15, 0.2) is 6.10 Å². The standard InChI is InChI=1S/C59H106O6/c1-4-7-10-13-16-19-22-24-26-28-30-32-33-35-37-40-43-46-49-52-58(61)64-55-56(54-63-57(60)51-48-45-42-39-21-18-15-12-9-6-3)65-59(62)53-50-47-44-41-38-36-34-31-29-27-25-23-20-17-14-11-8-5-2/h12,15-16,19,24,26-27,29,56H,4-11,13-14,17-18,20-23,25,28,30-55H2,1-3H3/b15-12-,19-16-,26-24-,29-27-. The van der Waals surface area contributed by atoms with Crippen LogP contribution < -0.4 is 0 Å². The summed E-state index contributed by atoms with van der Waals surface area (Å²) >= 11 is 0. The number of carbonyl (C=O) groups excluding carboxylic acids is 3. The first-order valence-corrected chi connectivity index (χ1v) is 28.1. The van der Waals surface area contributed by atoms with Crippen LogP contribution in [0.5, 0.6) is 0 Å². The van der Waals surface area contributed by atoms with Gasteiger partial charge in [-0.2, -0.15) is 0 Å². The molecular formula is C59H106O6. The minimum absolute atomic E-state index is 0.0785. The molecule has 1 unspecified atom stereocenters. The van der Waals surface area contributed by atoms with Crippen LogP contribution >= 0.6 is 0 Å². The molecule has 0 saturated carbocycles. The van der Waals surface area contributed by atoms with Gasteiger partial charge in [-0.25, -0.2) is 0 Å². The second kappa shape index (κ2) is 54.0. The number of hydrogen-bond donors (Lipinski definition) is 0. The Balaban J connectivity index is 4.31. The summed E-state index contributed by atoms with van der Waals surface area (Å²) in [7, 11) is 0. The van der Waals surface area contributed by atoms with Crippen molar-refractivity contribution in [2.75, 3.05) is 13.2 Å². The predicted octanol–water partition coefficient (Wildman–Crippen LogP) is 18.7. The molecule has 0 amide bonds. The minimum atomic E-state index is -0.779. The lowest BCUT2D eigenvalue weighted by Crippen LogP contribution is -2.30. The van der Waals surface area contributed by atoms with Gasteiger partial charge in [0.25, 0.3) is 0 Å². The van der Waals surface area contributed by atoms with Crippen LogP contribution in [0.1, 0.15) is 290 Å². The molecule has 6 heteroatoms. The van der Waals surface area contributed by atoms with E-state index >= 15 is 0 Å². The third kappa shape index (κ3) is 52.2. The topological polar surface area (TPSA) is 78.9 Å². The van der Waals surface area contributed by atoms with Crippen molar-refractivity contribution in [1.82, 2.24) is 0 Å². The Morgan fingerprint density at radius 2 is 0.585 bits per heavy atom. The first-order valence-electron chi connectivity index (χ1n) is 28.1. The number of hydrogen-bond acceptors (Lipinski definition) is 6. The molecule has 0 aliphatic rings. The van der Waals surface area contributed by atoms with Crippen molar-refractivity contribution in [3.8, 4) is 0 Å². The molecule has 0 rings (SSSR count). The summed E-state index contributed by atoms with van der Waals surface area (Å²) in [6.45, 7) is 6.56. The Morgan fingerprint density at radius 1 is 0.308 bits per heavy atom. The summed E-state index contributed by atoms with van der Waals surface area (Å²) in [5.74, 6) is -0.887. The van der Waals surface area contributed by atoms with E-state index in [1.165, 1.54) is 173 Å². The average Bonchev–Trinajstić information content (AvgIpc) is 3.30. The van der Waals surface area contributed by atoms with Crippen molar-refractivity contribution in [2.45, 2.75) is 297 Å². The summed E-state index contributed by atoms with van der Waals surface area (Å²) in [5.41, 5.74) is 0. The molecule has 65 heavy (non-hydrogen) atoms. The number of carbonyl (C=O) groups is 3. The number of esters is 3. The lowest BCUT2D eigenvalue weighted by molar-refractivity contribution is -0.167. The van der Waals surface area contributed by atoms with Crippen LogP contribution in [0.2, 0.25) is 0 Å². The van der Waals surface area contributed by atoms with E-state index in [-0.39, 0.29) is 31.1 Å². The summed E-state index contributed by atoms with van der Waals surface area (Å²) in [6.07, 6.45) is 65.3. The second-order valence-corrected chi connectivity index (χ2v) is 18.8. The SMILES string of the molecule is CCC/C=C\CCCCCCCC(=O)OCC(COC(=O)CCCCCCCCCCC/C=C\C/C=C\CCCCC)OC(=O)CCCCCCCCC/C=C\CCCCCCCCC. The van der Waals surface area contributed by atoms with Crippen molar-refractivity contribution in [2.24, 2.45) is 0 Å². The van der Waals surface area contributed by atoms with E-state index in [0.717, 1.165) is 77.0 Å². The van der Waals surface area contributed by atoms with Crippen molar-refractivity contribution >= 4 is 17.9 Å². The summed E-state index contributed by atoms with van der Waals surface area (Å²) in [6, 6.07) is 0. The van der Waals surface area contributed by atoms with Crippen LogP contribution in [0.3, 0.4) is 0 Å². The molecule has 0 heterocycles. The highest BCUT2D eigenvalue weighted by molar-refractivity contribution is 5.71. The quantitative estimate of drug-likeness (QED) is 0.0262. The first-order chi connectivity index (χ1) is 32.0. The second-order valence-electron chi connectivity index (χ2n) is 18.8. The molecule has 0 spiro atoms. The molecule has 378 valence electrons. The zero-order chi connectivity index (χ0) is 47.2. The Labute approximate surface area is 403 Å². The molecule has 0 aliphatic heterocycles. The molecule has 0 fully saturated rings. The fourth-order valence-electron chi connectivity index (χ4n) is 8.00. The van der Waals surface area contributed by atoms with E-state index in [2.05, 4.69) is 69.4 Å². The molecule has 0 N–H and O–H groups in total. The molecule has 0 bridgehead atoms. The highest BCUT2D eigenvalue weighted by Crippen LogP contribution is 2.15. The molecule has 0 aromatic heterocycles. The first kappa shape index (κ1) is 62.4. The molecule has 1 atom stereocenters. The number of ether oxygens (including phenoxy) is 3. The van der Waals surface area contributed by atoms with Gasteiger partial charge in [0.2, 0.25) is 0 Å². The Kier molecular flexibility index (Phi) is 51.8. The van der Waals surface area contributed by atoms with Gasteiger partial charge in [-0.15, -0.1) is 0 Å². The zero-order valence-corrected chi connectivity index (χ0v) is 43.3. The van der Waals surface area contributed by atoms with Gasteiger partial charge >= 0.3 is 17.9 Å². The van der Waals surface area contributed by atoms with Crippen LogP contribution in [0.15, 0.2) is 48.6 Å².